The first-order chi connectivity index (χ1) is 8.31. The molecule has 0 aromatic heterocycles. The van der Waals surface area contributed by atoms with Crippen LogP contribution in [0.25, 0.3) is 0 Å². The first-order valence-corrected chi connectivity index (χ1v) is 6.92. The normalized spacial score (nSPS) is 23.9. The van der Waals surface area contributed by atoms with Crippen LogP contribution in [0.5, 0.6) is 0 Å². The zero-order valence-corrected chi connectivity index (χ0v) is 10.8. The van der Waals surface area contributed by atoms with Crippen molar-refractivity contribution in [2.45, 2.75) is 51.1 Å². The van der Waals surface area contributed by atoms with Crippen molar-refractivity contribution in [1.82, 2.24) is 10.2 Å². The molecule has 2 fully saturated rings. The molecular formula is C13H24N2O2. The van der Waals surface area contributed by atoms with Gasteiger partial charge in [-0.05, 0) is 39.2 Å². The predicted octanol–water partition coefficient (Wildman–Crippen LogP) is 1.16. The number of ether oxygens (including phenoxy) is 1. The SMILES string of the molecule is CCOCCC(=O)N(CC1CCCN1)C1CC1. The van der Waals surface area contributed by atoms with Gasteiger partial charge in [0.2, 0.25) is 5.91 Å². The van der Waals surface area contributed by atoms with E-state index < -0.39 is 0 Å². The Balaban J connectivity index is 1.76. The lowest BCUT2D eigenvalue weighted by molar-refractivity contribution is -0.133. The molecule has 1 aliphatic heterocycles. The maximum absolute atomic E-state index is 12.1. The van der Waals surface area contributed by atoms with E-state index in [1.807, 2.05) is 6.92 Å². The van der Waals surface area contributed by atoms with Gasteiger partial charge in [0.15, 0.2) is 0 Å². The Morgan fingerprint density at radius 1 is 1.41 bits per heavy atom. The molecule has 1 aliphatic carbocycles. The average Bonchev–Trinajstić information content (AvgIpc) is 3.03. The van der Waals surface area contributed by atoms with Crippen LogP contribution in [0.1, 0.15) is 39.0 Å². The van der Waals surface area contributed by atoms with E-state index in [0.29, 0.717) is 31.7 Å². The Morgan fingerprint density at radius 2 is 2.24 bits per heavy atom. The number of nitrogens with zero attached hydrogens (tertiary/aromatic N) is 1. The minimum atomic E-state index is 0.273. The summed E-state index contributed by atoms with van der Waals surface area (Å²) in [6.45, 7) is 5.23. The third-order valence-electron chi connectivity index (χ3n) is 3.55. The fraction of sp³-hybridized carbons (Fsp3) is 0.923. The van der Waals surface area contributed by atoms with Crippen LogP contribution in [0.15, 0.2) is 0 Å². The largest absolute Gasteiger partial charge is 0.381 e. The van der Waals surface area contributed by atoms with E-state index in [-0.39, 0.29) is 5.91 Å². The molecule has 17 heavy (non-hydrogen) atoms. The van der Waals surface area contributed by atoms with Gasteiger partial charge in [0, 0.05) is 25.2 Å². The highest BCUT2D eigenvalue weighted by atomic mass is 16.5. The number of nitrogens with one attached hydrogen (secondary N) is 1. The standard InChI is InChI=1S/C13H24N2O2/c1-2-17-9-7-13(16)15(12-5-6-12)10-11-4-3-8-14-11/h11-12,14H,2-10H2,1H3. The highest BCUT2D eigenvalue weighted by molar-refractivity contribution is 5.77. The molecular weight excluding hydrogens is 216 g/mol. The van der Waals surface area contributed by atoms with Gasteiger partial charge in [-0.3, -0.25) is 4.79 Å². The Morgan fingerprint density at radius 3 is 2.82 bits per heavy atom. The van der Waals surface area contributed by atoms with Gasteiger partial charge in [0.1, 0.15) is 0 Å². The summed E-state index contributed by atoms with van der Waals surface area (Å²) in [6, 6.07) is 1.04. The van der Waals surface area contributed by atoms with Gasteiger partial charge < -0.3 is 15.0 Å². The number of hydrogen-bond donors (Lipinski definition) is 1. The van der Waals surface area contributed by atoms with Crippen LogP contribution in [0.2, 0.25) is 0 Å². The van der Waals surface area contributed by atoms with Gasteiger partial charge in [0.05, 0.1) is 13.0 Å². The molecule has 4 heteroatoms. The van der Waals surface area contributed by atoms with Gasteiger partial charge in [-0.15, -0.1) is 0 Å². The molecule has 0 spiro atoms. The van der Waals surface area contributed by atoms with E-state index in [9.17, 15) is 4.79 Å². The van der Waals surface area contributed by atoms with Crippen molar-refractivity contribution in [2.75, 3.05) is 26.3 Å². The van der Waals surface area contributed by atoms with Crippen LogP contribution >= 0.6 is 0 Å². The molecule has 1 N–H and O–H groups in total. The summed E-state index contributed by atoms with van der Waals surface area (Å²) in [6.07, 6.45) is 5.37. The molecule has 0 radical (unpaired) electrons. The molecule has 2 aliphatic rings. The predicted molar refractivity (Wildman–Crippen MR) is 66.9 cm³/mol. The molecule has 1 heterocycles. The van der Waals surface area contributed by atoms with Gasteiger partial charge >= 0.3 is 0 Å². The van der Waals surface area contributed by atoms with E-state index in [4.69, 9.17) is 4.74 Å². The van der Waals surface area contributed by atoms with Gasteiger partial charge in [-0.1, -0.05) is 0 Å². The summed E-state index contributed by atoms with van der Waals surface area (Å²) >= 11 is 0. The lowest BCUT2D eigenvalue weighted by Gasteiger charge is -2.26. The topological polar surface area (TPSA) is 41.6 Å². The van der Waals surface area contributed by atoms with Crippen LogP contribution < -0.4 is 5.32 Å². The van der Waals surface area contributed by atoms with Gasteiger partial charge in [-0.25, -0.2) is 0 Å². The van der Waals surface area contributed by atoms with Gasteiger partial charge in [0.25, 0.3) is 0 Å². The molecule has 1 saturated heterocycles. The number of amides is 1. The summed E-state index contributed by atoms with van der Waals surface area (Å²) in [4.78, 5) is 14.2. The van der Waals surface area contributed by atoms with Crippen molar-refractivity contribution >= 4 is 5.91 Å². The minimum Gasteiger partial charge on any atom is -0.381 e. The lowest BCUT2D eigenvalue weighted by atomic mass is 10.2. The van der Waals surface area contributed by atoms with E-state index >= 15 is 0 Å². The smallest absolute Gasteiger partial charge is 0.225 e. The third kappa shape index (κ3) is 3.96. The van der Waals surface area contributed by atoms with Crippen LogP contribution in [0.4, 0.5) is 0 Å². The second-order valence-electron chi connectivity index (χ2n) is 5.02. The van der Waals surface area contributed by atoms with Crippen molar-refractivity contribution in [1.29, 1.82) is 0 Å². The fourth-order valence-corrected chi connectivity index (χ4v) is 2.44. The fourth-order valence-electron chi connectivity index (χ4n) is 2.44. The zero-order valence-electron chi connectivity index (χ0n) is 10.8. The maximum Gasteiger partial charge on any atom is 0.225 e. The number of carbonyl (C=O) groups is 1. The Kier molecular flexibility index (Phi) is 4.80. The molecule has 1 unspecified atom stereocenters. The van der Waals surface area contributed by atoms with Crippen molar-refractivity contribution in [3.05, 3.63) is 0 Å². The first-order valence-electron chi connectivity index (χ1n) is 6.92. The van der Waals surface area contributed by atoms with Crippen LogP contribution in [0, 0.1) is 0 Å². The highest BCUT2D eigenvalue weighted by Gasteiger charge is 2.34. The van der Waals surface area contributed by atoms with Crippen molar-refractivity contribution in [3.63, 3.8) is 0 Å². The quantitative estimate of drug-likeness (QED) is 0.679. The van der Waals surface area contributed by atoms with Crippen LogP contribution in [0.3, 0.4) is 0 Å². The van der Waals surface area contributed by atoms with E-state index in [0.717, 1.165) is 13.1 Å². The first kappa shape index (κ1) is 12.8. The molecule has 1 atom stereocenters. The summed E-state index contributed by atoms with van der Waals surface area (Å²) in [5.74, 6) is 0.273. The lowest BCUT2D eigenvalue weighted by Crippen LogP contribution is -2.42. The summed E-state index contributed by atoms with van der Waals surface area (Å²) in [5, 5.41) is 3.47. The number of hydrogen-bond acceptors (Lipinski definition) is 3. The van der Waals surface area contributed by atoms with Crippen LogP contribution in [-0.2, 0) is 9.53 Å². The molecule has 0 aromatic carbocycles. The van der Waals surface area contributed by atoms with E-state index in [1.54, 1.807) is 0 Å². The second kappa shape index (κ2) is 6.36. The third-order valence-corrected chi connectivity index (χ3v) is 3.55. The van der Waals surface area contributed by atoms with Crippen LogP contribution in [-0.4, -0.2) is 49.2 Å². The Hall–Kier alpha value is -0.610. The molecule has 1 saturated carbocycles. The number of rotatable bonds is 7. The minimum absolute atomic E-state index is 0.273. The monoisotopic (exact) mass is 240 g/mol. The molecule has 1 amide bonds. The van der Waals surface area contributed by atoms with Crippen molar-refractivity contribution in [3.8, 4) is 0 Å². The number of carbonyl (C=O) groups excluding carboxylic acids is 1. The summed E-state index contributed by atoms with van der Waals surface area (Å²) in [5.41, 5.74) is 0. The molecule has 0 aromatic rings. The Labute approximate surface area is 104 Å². The molecule has 4 nitrogen and oxygen atoms in total. The van der Waals surface area contributed by atoms with Crippen molar-refractivity contribution in [2.24, 2.45) is 0 Å². The highest BCUT2D eigenvalue weighted by Crippen LogP contribution is 2.28. The zero-order chi connectivity index (χ0) is 12.1. The molecule has 2 rings (SSSR count). The summed E-state index contributed by atoms with van der Waals surface area (Å²) < 4.78 is 5.26. The van der Waals surface area contributed by atoms with Crippen molar-refractivity contribution < 1.29 is 9.53 Å². The molecule has 98 valence electrons. The van der Waals surface area contributed by atoms with Gasteiger partial charge in [-0.2, -0.15) is 0 Å². The second-order valence-corrected chi connectivity index (χ2v) is 5.02. The molecule has 0 bridgehead atoms. The maximum atomic E-state index is 12.1. The average molecular weight is 240 g/mol. The van der Waals surface area contributed by atoms with E-state index in [1.165, 1.54) is 25.7 Å². The Bertz CT molecular complexity index is 248. The van der Waals surface area contributed by atoms with E-state index in [2.05, 4.69) is 10.2 Å². The summed E-state index contributed by atoms with van der Waals surface area (Å²) in [7, 11) is 0.